The van der Waals surface area contributed by atoms with Crippen LogP contribution in [0.2, 0.25) is 0 Å². The van der Waals surface area contributed by atoms with Crippen molar-refractivity contribution in [3.63, 3.8) is 0 Å². The Labute approximate surface area is 202 Å². The summed E-state index contributed by atoms with van der Waals surface area (Å²) in [4.78, 5) is 12.2. The zero-order chi connectivity index (χ0) is 23.4. The molecule has 0 radical (unpaired) electrons. The van der Waals surface area contributed by atoms with Crippen LogP contribution in [-0.2, 0) is 6.54 Å². The van der Waals surface area contributed by atoms with Gasteiger partial charge in [-0.05, 0) is 56.9 Å². The van der Waals surface area contributed by atoms with Crippen molar-refractivity contribution in [3.8, 4) is 5.75 Å². The fourth-order valence-corrected chi connectivity index (χ4v) is 4.44. The van der Waals surface area contributed by atoms with Crippen LogP contribution in [-0.4, -0.2) is 63.2 Å². The Morgan fingerprint density at radius 2 is 1.85 bits per heavy atom. The first-order valence-electron chi connectivity index (χ1n) is 12.2. The van der Waals surface area contributed by atoms with E-state index in [-0.39, 0.29) is 11.5 Å². The van der Waals surface area contributed by atoms with Gasteiger partial charge in [-0.3, -0.25) is 4.98 Å². The molecule has 1 saturated heterocycles. The Bertz CT molecular complexity index is 1060. The zero-order valence-electron chi connectivity index (χ0n) is 20.9. The molecule has 1 fully saturated rings. The minimum absolute atomic E-state index is 0. The lowest BCUT2D eigenvalue weighted by Gasteiger charge is -2.34. The Kier molecular flexibility index (Phi) is 8.88. The van der Waals surface area contributed by atoms with E-state index in [4.69, 9.17) is 20.4 Å². The summed E-state index contributed by atoms with van der Waals surface area (Å²) in [6.45, 7) is 12.7. The molecule has 0 spiro atoms. The third-order valence-corrected chi connectivity index (χ3v) is 6.58. The Hall–Kier alpha value is -2.68. The van der Waals surface area contributed by atoms with Gasteiger partial charge in [-0.1, -0.05) is 26.0 Å². The van der Waals surface area contributed by atoms with Gasteiger partial charge in [-0.25, -0.2) is 4.98 Å². The lowest BCUT2D eigenvalue weighted by molar-refractivity contribution is 0.194. The minimum atomic E-state index is 0. The van der Waals surface area contributed by atoms with Gasteiger partial charge in [0.15, 0.2) is 0 Å². The number of likely N-dealkylation sites (tertiary alicyclic amines) is 1. The topological polar surface area (TPSA) is 113 Å². The summed E-state index contributed by atoms with van der Waals surface area (Å²) in [5.74, 6) is 2.25. The summed E-state index contributed by atoms with van der Waals surface area (Å²) in [6, 6.07) is 12.9. The van der Waals surface area contributed by atoms with E-state index >= 15 is 0 Å². The van der Waals surface area contributed by atoms with Crippen molar-refractivity contribution in [2.75, 3.05) is 31.6 Å². The van der Waals surface area contributed by atoms with Crippen LogP contribution in [0.15, 0.2) is 36.4 Å². The van der Waals surface area contributed by atoms with Gasteiger partial charge in [0.05, 0.1) is 24.2 Å². The van der Waals surface area contributed by atoms with E-state index in [9.17, 15) is 0 Å². The van der Waals surface area contributed by atoms with Crippen LogP contribution in [0.25, 0.3) is 11.0 Å². The number of nitrogens with zero attached hydrogens (tertiary/aromatic N) is 4. The quantitative estimate of drug-likeness (QED) is 0.499. The maximum atomic E-state index is 6.30. The molecule has 4 rings (SSSR count). The fraction of sp³-hybridized carbons (Fsp3) is 0.538. The molecular weight excluding hydrogens is 428 g/mol. The number of anilines is 1. The molecule has 1 atom stereocenters. The number of aryl methyl sites for hydroxylation is 1. The number of benzene rings is 1. The van der Waals surface area contributed by atoms with Crippen molar-refractivity contribution in [2.45, 2.75) is 59.2 Å². The molecule has 34 heavy (non-hydrogen) atoms. The molecule has 8 heteroatoms. The largest absolute Gasteiger partial charge is 0.492 e. The number of nitrogens with one attached hydrogen (secondary N) is 1. The molecule has 8 nitrogen and oxygen atoms in total. The molecule has 1 aromatic carbocycles. The molecule has 0 aliphatic carbocycles. The highest BCUT2D eigenvalue weighted by Gasteiger charge is 2.23. The van der Waals surface area contributed by atoms with E-state index in [2.05, 4.69) is 46.8 Å². The molecule has 5 N–H and O–H groups in total. The standard InChI is InChI=1S/C26H38N6O.H2O/c1-5-33-25-11-10-19(4)28-23(25)17-32-24-9-7-6-8-22(24)30-26(32)29-20-12-14-31(15-13-20)16-21(27)18(2)3;/h6-11,18,20-21H,5,12-17,27H2,1-4H3,(H,29,30);1H2. The number of pyridine rings is 1. The first-order valence-corrected chi connectivity index (χ1v) is 12.2. The maximum Gasteiger partial charge on any atom is 0.204 e. The van der Waals surface area contributed by atoms with Crippen LogP contribution in [0.4, 0.5) is 5.95 Å². The number of hydrogen-bond acceptors (Lipinski definition) is 6. The fourth-order valence-electron chi connectivity index (χ4n) is 4.44. The second-order valence-corrected chi connectivity index (χ2v) is 9.47. The summed E-state index contributed by atoms with van der Waals surface area (Å²) in [5, 5.41) is 3.75. The van der Waals surface area contributed by atoms with Crippen LogP contribution in [0.1, 0.15) is 45.0 Å². The number of ether oxygens (including phenoxy) is 1. The summed E-state index contributed by atoms with van der Waals surface area (Å²) < 4.78 is 8.11. The van der Waals surface area contributed by atoms with Gasteiger partial charge in [0.1, 0.15) is 11.4 Å². The van der Waals surface area contributed by atoms with Crippen molar-refractivity contribution in [3.05, 3.63) is 47.8 Å². The van der Waals surface area contributed by atoms with Crippen LogP contribution in [0.3, 0.4) is 0 Å². The van der Waals surface area contributed by atoms with E-state index in [0.29, 0.717) is 25.1 Å². The van der Waals surface area contributed by atoms with Crippen molar-refractivity contribution in [1.29, 1.82) is 0 Å². The molecule has 2 aromatic heterocycles. The monoisotopic (exact) mass is 468 g/mol. The van der Waals surface area contributed by atoms with Crippen molar-refractivity contribution >= 4 is 17.0 Å². The first-order chi connectivity index (χ1) is 15.9. The predicted molar refractivity (Wildman–Crippen MR) is 138 cm³/mol. The van der Waals surface area contributed by atoms with Crippen LogP contribution in [0, 0.1) is 12.8 Å². The molecule has 0 amide bonds. The number of aromatic nitrogens is 3. The highest BCUT2D eigenvalue weighted by Crippen LogP contribution is 2.26. The lowest BCUT2D eigenvalue weighted by Crippen LogP contribution is -2.46. The van der Waals surface area contributed by atoms with Gasteiger partial charge in [0, 0.05) is 37.4 Å². The summed E-state index contributed by atoms with van der Waals surface area (Å²) in [6.07, 6.45) is 2.17. The van der Waals surface area contributed by atoms with Gasteiger partial charge < -0.3 is 30.7 Å². The van der Waals surface area contributed by atoms with Crippen LogP contribution in [0.5, 0.6) is 5.75 Å². The Balaban J connectivity index is 0.00000324. The molecular formula is C26H40N6O2. The average molecular weight is 469 g/mol. The van der Waals surface area contributed by atoms with Gasteiger partial charge in [0.25, 0.3) is 0 Å². The van der Waals surface area contributed by atoms with E-state index in [1.807, 2.05) is 32.0 Å². The number of piperidine rings is 1. The van der Waals surface area contributed by atoms with E-state index in [0.717, 1.165) is 66.6 Å². The number of imidazole rings is 1. The Morgan fingerprint density at radius 1 is 1.12 bits per heavy atom. The lowest BCUT2D eigenvalue weighted by atomic mass is 10.0. The minimum Gasteiger partial charge on any atom is -0.492 e. The third-order valence-electron chi connectivity index (χ3n) is 6.58. The number of para-hydroxylation sites is 2. The number of hydrogen-bond donors (Lipinski definition) is 2. The number of nitrogens with two attached hydrogens (primary N) is 1. The molecule has 186 valence electrons. The average Bonchev–Trinajstić information content (AvgIpc) is 3.14. The van der Waals surface area contributed by atoms with E-state index in [1.54, 1.807) is 0 Å². The maximum absolute atomic E-state index is 6.30. The number of fused-ring (bicyclic) bond motifs is 1. The summed E-state index contributed by atoms with van der Waals surface area (Å²) in [7, 11) is 0. The zero-order valence-corrected chi connectivity index (χ0v) is 20.9. The van der Waals surface area contributed by atoms with E-state index in [1.165, 1.54) is 0 Å². The molecule has 3 aromatic rings. The first kappa shape index (κ1) is 25.9. The van der Waals surface area contributed by atoms with Gasteiger partial charge >= 0.3 is 0 Å². The second-order valence-electron chi connectivity index (χ2n) is 9.47. The summed E-state index contributed by atoms with van der Waals surface area (Å²) >= 11 is 0. The molecule has 1 aliphatic heterocycles. The van der Waals surface area contributed by atoms with Gasteiger partial charge in [-0.15, -0.1) is 0 Å². The van der Waals surface area contributed by atoms with Crippen molar-refractivity contribution < 1.29 is 10.2 Å². The highest BCUT2D eigenvalue weighted by atomic mass is 16.5. The second kappa shape index (κ2) is 11.6. The SMILES string of the molecule is CCOc1ccc(C)nc1Cn1c(NC2CCN(CC(N)C(C)C)CC2)nc2ccccc21.O. The van der Waals surface area contributed by atoms with Gasteiger partial charge in [0.2, 0.25) is 5.95 Å². The van der Waals surface area contributed by atoms with Gasteiger partial charge in [-0.2, -0.15) is 0 Å². The normalized spacial score (nSPS) is 15.9. The van der Waals surface area contributed by atoms with Crippen LogP contribution < -0.4 is 15.8 Å². The molecule has 1 aliphatic rings. The highest BCUT2D eigenvalue weighted by molar-refractivity contribution is 5.78. The Morgan fingerprint density at radius 3 is 2.56 bits per heavy atom. The third kappa shape index (κ3) is 6.05. The molecule has 1 unspecified atom stereocenters. The number of rotatable bonds is 9. The van der Waals surface area contributed by atoms with E-state index < -0.39 is 0 Å². The van der Waals surface area contributed by atoms with Crippen molar-refractivity contribution in [1.82, 2.24) is 19.4 Å². The molecule has 0 saturated carbocycles. The predicted octanol–water partition coefficient (Wildman–Crippen LogP) is 3.22. The molecule has 0 bridgehead atoms. The smallest absolute Gasteiger partial charge is 0.204 e. The summed E-state index contributed by atoms with van der Waals surface area (Å²) in [5.41, 5.74) is 10.3. The van der Waals surface area contributed by atoms with Crippen LogP contribution >= 0.6 is 0 Å². The van der Waals surface area contributed by atoms with Crippen molar-refractivity contribution in [2.24, 2.45) is 11.7 Å². The molecule has 3 heterocycles.